The fourth-order valence-corrected chi connectivity index (χ4v) is 3.55. The molecule has 5 nitrogen and oxygen atoms in total. The number of rotatable bonds is 4. The lowest BCUT2D eigenvalue weighted by Gasteiger charge is -2.20. The SMILES string of the molecule is Cc1nc(C[S@@](=O)Cc2cc(Cl)c3c(c2)OCCO3)oc1C. The van der Waals surface area contributed by atoms with Crippen molar-refractivity contribution in [2.75, 3.05) is 13.2 Å². The molecular weight excluding hydrogens is 326 g/mol. The minimum atomic E-state index is -1.14. The van der Waals surface area contributed by atoms with Gasteiger partial charge in [0, 0.05) is 16.6 Å². The van der Waals surface area contributed by atoms with Crippen molar-refractivity contribution in [3.63, 3.8) is 0 Å². The van der Waals surface area contributed by atoms with Crippen LogP contribution in [0.2, 0.25) is 5.02 Å². The van der Waals surface area contributed by atoms with E-state index in [4.69, 9.17) is 25.5 Å². The van der Waals surface area contributed by atoms with Gasteiger partial charge in [0.1, 0.15) is 24.7 Å². The highest BCUT2D eigenvalue weighted by Crippen LogP contribution is 2.38. The molecule has 0 unspecified atom stereocenters. The first-order valence-corrected chi connectivity index (χ1v) is 8.75. The molecule has 0 fully saturated rings. The summed E-state index contributed by atoms with van der Waals surface area (Å²) in [6, 6.07) is 3.59. The van der Waals surface area contributed by atoms with Crippen LogP contribution in [0.4, 0.5) is 0 Å². The molecule has 1 aliphatic heterocycles. The monoisotopic (exact) mass is 341 g/mol. The second-order valence-electron chi connectivity index (χ2n) is 5.08. The lowest BCUT2D eigenvalue weighted by molar-refractivity contribution is 0.171. The Morgan fingerprint density at radius 1 is 1.23 bits per heavy atom. The van der Waals surface area contributed by atoms with E-state index in [1.54, 1.807) is 6.07 Å². The van der Waals surface area contributed by atoms with Gasteiger partial charge in [-0.25, -0.2) is 4.98 Å². The van der Waals surface area contributed by atoms with Gasteiger partial charge in [-0.3, -0.25) is 4.21 Å². The Morgan fingerprint density at radius 3 is 2.73 bits per heavy atom. The van der Waals surface area contributed by atoms with E-state index in [9.17, 15) is 4.21 Å². The van der Waals surface area contributed by atoms with Crippen molar-refractivity contribution in [3.8, 4) is 11.5 Å². The van der Waals surface area contributed by atoms with E-state index >= 15 is 0 Å². The molecule has 0 aliphatic carbocycles. The molecule has 1 aromatic heterocycles. The summed E-state index contributed by atoms with van der Waals surface area (Å²) in [5.41, 5.74) is 1.67. The molecule has 0 bridgehead atoms. The molecule has 3 rings (SSSR count). The lowest BCUT2D eigenvalue weighted by Crippen LogP contribution is -2.16. The summed E-state index contributed by atoms with van der Waals surface area (Å²) in [5.74, 6) is 3.05. The van der Waals surface area contributed by atoms with Crippen molar-refractivity contribution in [2.45, 2.75) is 25.4 Å². The number of hydrogen-bond acceptors (Lipinski definition) is 5. The minimum absolute atomic E-state index is 0.279. The topological polar surface area (TPSA) is 61.6 Å². The third-order valence-electron chi connectivity index (χ3n) is 3.34. The van der Waals surface area contributed by atoms with Crippen LogP contribution in [0.3, 0.4) is 0 Å². The van der Waals surface area contributed by atoms with Crippen molar-refractivity contribution in [1.29, 1.82) is 0 Å². The van der Waals surface area contributed by atoms with E-state index in [1.807, 2.05) is 19.9 Å². The van der Waals surface area contributed by atoms with Gasteiger partial charge in [0.25, 0.3) is 0 Å². The Bertz CT molecular complexity index is 709. The quantitative estimate of drug-likeness (QED) is 0.854. The third-order valence-corrected chi connectivity index (χ3v) is 4.85. The highest BCUT2D eigenvalue weighted by molar-refractivity contribution is 7.83. The molecule has 22 heavy (non-hydrogen) atoms. The molecule has 1 aromatic carbocycles. The minimum Gasteiger partial charge on any atom is -0.486 e. The molecule has 0 saturated heterocycles. The Hall–Kier alpha value is -1.53. The maximum Gasteiger partial charge on any atom is 0.207 e. The van der Waals surface area contributed by atoms with Gasteiger partial charge in [0.15, 0.2) is 11.5 Å². The summed E-state index contributed by atoms with van der Waals surface area (Å²) in [6.45, 7) is 4.69. The Labute approximate surface area is 136 Å². The number of oxazole rings is 1. The van der Waals surface area contributed by atoms with Crippen LogP contribution in [-0.2, 0) is 22.3 Å². The first-order valence-electron chi connectivity index (χ1n) is 6.89. The summed E-state index contributed by atoms with van der Waals surface area (Å²) in [6.07, 6.45) is 0. The standard InChI is InChI=1S/C15H16ClNO4S/c1-9-10(2)21-14(17-9)8-22(18)7-11-5-12(16)15-13(6-11)19-3-4-20-15/h5-6H,3-4,7-8H2,1-2H3/t22-/m0/s1. The van der Waals surface area contributed by atoms with Crippen LogP contribution < -0.4 is 9.47 Å². The molecule has 2 aromatic rings. The van der Waals surface area contributed by atoms with E-state index < -0.39 is 10.8 Å². The zero-order valence-corrected chi connectivity index (χ0v) is 13.9. The van der Waals surface area contributed by atoms with Gasteiger partial charge >= 0.3 is 0 Å². The summed E-state index contributed by atoms with van der Waals surface area (Å²) >= 11 is 6.18. The van der Waals surface area contributed by atoms with Crippen molar-refractivity contribution in [1.82, 2.24) is 4.98 Å². The van der Waals surface area contributed by atoms with Gasteiger partial charge in [-0.15, -0.1) is 0 Å². The Kier molecular flexibility index (Phi) is 4.40. The molecule has 1 aliphatic rings. The largest absolute Gasteiger partial charge is 0.486 e. The number of fused-ring (bicyclic) bond motifs is 1. The van der Waals surface area contributed by atoms with Crippen molar-refractivity contribution < 1.29 is 18.1 Å². The Balaban J connectivity index is 1.72. The zero-order chi connectivity index (χ0) is 15.7. The van der Waals surface area contributed by atoms with Gasteiger partial charge in [0.2, 0.25) is 5.89 Å². The third kappa shape index (κ3) is 3.28. The molecular formula is C15H16ClNO4S. The molecule has 118 valence electrons. The Morgan fingerprint density at radius 2 is 2.00 bits per heavy atom. The van der Waals surface area contributed by atoms with Crippen LogP contribution in [-0.4, -0.2) is 22.4 Å². The summed E-state index contributed by atoms with van der Waals surface area (Å²) in [5, 5.41) is 0.479. The summed E-state index contributed by atoms with van der Waals surface area (Å²) < 4.78 is 28.7. The zero-order valence-electron chi connectivity index (χ0n) is 12.3. The first kappa shape index (κ1) is 15.4. The molecule has 0 N–H and O–H groups in total. The average molecular weight is 342 g/mol. The van der Waals surface area contributed by atoms with E-state index in [1.165, 1.54) is 0 Å². The molecule has 0 spiro atoms. The van der Waals surface area contributed by atoms with Gasteiger partial charge in [-0.2, -0.15) is 0 Å². The van der Waals surface area contributed by atoms with Crippen LogP contribution in [0.25, 0.3) is 0 Å². The number of ether oxygens (including phenoxy) is 2. The van der Waals surface area contributed by atoms with Gasteiger partial charge in [0.05, 0.1) is 10.7 Å². The molecule has 0 radical (unpaired) electrons. The maximum atomic E-state index is 12.3. The van der Waals surface area contributed by atoms with Crippen molar-refractivity contribution in [2.24, 2.45) is 0 Å². The number of hydrogen-bond donors (Lipinski definition) is 0. The van der Waals surface area contributed by atoms with Crippen LogP contribution in [0.5, 0.6) is 11.5 Å². The van der Waals surface area contributed by atoms with Crippen LogP contribution in [0.1, 0.15) is 22.9 Å². The normalized spacial score (nSPS) is 14.9. The smallest absolute Gasteiger partial charge is 0.207 e. The molecule has 1 atom stereocenters. The number of aryl methyl sites for hydroxylation is 2. The predicted octanol–water partition coefficient (Wildman–Crippen LogP) is 3.16. The molecule has 0 amide bonds. The van der Waals surface area contributed by atoms with Gasteiger partial charge < -0.3 is 13.9 Å². The first-order chi connectivity index (χ1) is 10.5. The molecule has 7 heteroatoms. The molecule has 2 heterocycles. The van der Waals surface area contributed by atoms with Crippen LogP contribution in [0.15, 0.2) is 16.5 Å². The van der Waals surface area contributed by atoms with Crippen LogP contribution in [0, 0.1) is 13.8 Å². The van der Waals surface area contributed by atoms with Crippen molar-refractivity contribution >= 4 is 22.4 Å². The van der Waals surface area contributed by atoms with E-state index in [0.717, 1.165) is 17.0 Å². The van der Waals surface area contributed by atoms with Crippen molar-refractivity contribution in [3.05, 3.63) is 40.1 Å². The maximum absolute atomic E-state index is 12.3. The van der Waals surface area contributed by atoms with E-state index in [0.29, 0.717) is 41.4 Å². The highest BCUT2D eigenvalue weighted by atomic mass is 35.5. The molecule has 0 saturated carbocycles. The summed E-state index contributed by atoms with van der Waals surface area (Å²) in [7, 11) is -1.14. The number of aromatic nitrogens is 1. The van der Waals surface area contributed by atoms with Crippen LogP contribution >= 0.6 is 11.6 Å². The van der Waals surface area contributed by atoms with Gasteiger partial charge in [-0.05, 0) is 31.5 Å². The number of benzene rings is 1. The lowest BCUT2D eigenvalue weighted by atomic mass is 10.2. The highest BCUT2D eigenvalue weighted by Gasteiger charge is 2.18. The predicted molar refractivity (Wildman–Crippen MR) is 84.0 cm³/mol. The number of nitrogens with zero attached hydrogens (tertiary/aromatic N) is 1. The second-order valence-corrected chi connectivity index (χ2v) is 6.94. The van der Waals surface area contributed by atoms with E-state index in [-0.39, 0.29) is 5.75 Å². The van der Waals surface area contributed by atoms with Gasteiger partial charge in [-0.1, -0.05) is 11.6 Å². The van der Waals surface area contributed by atoms with E-state index in [2.05, 4.69) is 4.98 Å². The number of halogens is 1. The fourth-order valence-electron chi connectivity index (χ4n) is 2.22. The summed E-state index contributed by atoms with van der Waals surface area (Å²) in [4.78, 5) is 4.25. The second kappa shape index (κ2) is 6.30. The fraction of sp³-hybridized carbons (Fsp3) is 0.400. The average Bonchev–Trinajstić information content (AvgIpc) is 2.77.